The van der Waals surface area contributed by atoms with Crippen molar-refractivity contribution in [2.24, 2.45) is 0 Å². The molecule has 2 N–H and O–H groups in total. The van der Waals surface area contributed by atoms with Gasteiger partial charge in [-0.15, -0.1) is 11.3 Å². The van der Waals surface area contributed by atoms with E-state index >= 15 is 0 Å². The van der Waals surface area contributed by atoms with E-state index in [1.165, 1.54) is 18.4 Å². The molecule has 3 aromatic rings. The summed E-state index contributed by atoms with van der Waals surface area (Å²) < 4.78 is 26.8. The first-order valence-electron chi connectivity index (χ1n) is 12.4. The Kier molecular flexibility index (Phi) is 6.39. The van der Waals surface area contributed by atoms with Crippen LogP contribution in [0.4, 0.5) is 9.80 Å². The van der Waals surface area contributed by atoms with Crippen molar-refractivity contribution in [2.75, 3.05) is 32.4 Å². The van der Waals surface area contributed by atoms with Crippen molar-refractivity contribution in [2.45, 2.75) is 26.1 Å². The van der Waals surface area contributed by atoms with Crippen LogP contribution in [0.2, 0.25) is 0 Å². The quantitative estimate of drug-likeness (QED) is 0.357. The summed E-state index contributed by atoms with van der Waals surface area (Å²) in [6.45, 7) is 3.10. The minimum absolute atomic E-state index is 0.108. The highest BCUT2D eigenvalue weighted by Gasteiger charge is 2.35. The van der Waals surface area contributed by atoms with Crippen LogP contribution in [0.3, 0.4) is 0 Å². The van der Waals surface area contributed by atoms with Crippen LogP contribution < -0.4 is 29.6 Å². The summed E-state index contributed by atoms with van der Waals surface area (Å²) in [7, 11) is 1.48. The zero-order chi connectivity index (χ0) is 27.1. The first kappa shape index (κ1) is 24.9. The number of methoxy groups -OCH3 is 1. The van der Waals surface area contributed by atoms with E-state index in [0.717, 1.165) is 15.4 Å². The van der Waals surface area contributed by atoms with E-state index in [-0.39, 0.29) is 24.5 Å². The summed E-state index contributed by atoms with van der Waals surface area (Å²) in [5, 5.41) is 7.14. The number of hydrogen-bond donors (Lipinski definition) is 2. The Morgan fingerprint density at radius 2 is 1.95 bits per heavy atom. The number of carbonyl (C=O) groups excluding carboxylic acids is 3. The van der Waals surface area contributed by atoms with Crippen LogP contribution in [-0.4, -0.2) is 49.9 Å². The second kappa shape index (κ2) is 10.0. The Labute approximate surface area is 227 Å². The number of ether oxygens (including phenoxy) is 5. The van der Waals surface area contributed by atoms with Crippen LogP contribution in [0.25, 0.3) is 0 Å². The number of amides is 2. The molecule has 2 aromatic carbocycles. The molecule has 11 nitrogen and oxygen atoms in total. The molecule has 1 atom stereocenters. The third-order valence-electron chi connectivity index (χ3n) is 6.69. The van der Waals surface area contributed by atoms with E-state index in [2.05, 4.69) is 10.6 Å². The van der Waals surface area contributed by atoms with Gasteiger partial charge in [0.2, 0.25) is 6.79 Å². The SMILES string of the molecule is CCOC(=O)N1CCc2c(sc3c2C(=O)N[C@@H](c2ccc(OC(=O)c4ccc5c(c4)OCO5)c(OC)c2)N3)C1. The van der Waals surface area contributed by atoms with Gasteiger partial charge in [-0.25, -0.2) is 9.59 Å². The van der Waals surface area contributed by atoms with Gasteiger partial charge >= 0.3 is 12.1 Å². The van der Waals surface area contributed by atoms with E-state index in [4.69, 9.17) is 23.7 Å². The average Bonchev–Trinajstić information content (AvgIpc) is 3.57. The highest BCUT2D eigenvalue weighted by Crippen LogP contribution is 2.42. The Balaban J connectivity index is 1.19. The molecule has 4 heterocycles. The van der Waals surface area contributed by atoms with E-state index < -0.39 is 12.1 Å². The smallest absolute Gasteiger partial charge is 0.410 e. The normalized spacial score (nSPS) is 16.9. The fourth-order valence-corrected chi connectivity index (χ4v) is 6.07. The van der Waals surface area contributed by atoms with Crippen molar-refractivity contribution >= 4 is 34.3 Å². The van der Waals surface area contributed by atoms with Crippen molar-refractivity contribution in [1.29, 1.82) is 0 Å². The second-order valence-corrected chi connectivity index (χ2v) is 10.1. The molecule has 1 aromatic heterocycles. The molecule has 39 heavy (non-hydrogen) atoms. The fourth-order valence-electron chi connectivity index (χ4n) is 4.78. The molecule has 3 aliphatic rings. The first-order chi connectivity index (χ1) is 18.9. The van der Waals surface area contributed by atoms with E-state index in [1.807, 2.05) is 0 Å². The topological polar surface area (TPSA) is 125 Å². The molecule has 0 aliphatic carbocycles. The van der Waals surface area contributed by atoms with Crippen molar-refractivity contribution in [3.63, 3.8) is 0 Å². The zero-order valence-corrected chi connectivity index (χ0v) is 22.0. The number of benzene rings is 2. The molecule has 6 rings (SSSR count). The summed E-state index contributed by atoms with van der Waals surface area (Å²) in [5.74, 6) is 0.856. The van der Waals surface area contributed by atoms with Gasteiger partial charge in [0.15, 0.2) is 23.0 Å². The molecule has 2 amide bonds. The third-order valence-corrected chi connectivity index (χ3v) is 7.84. The molecule has 0 bridgehead atoms. The van der Waals surface area contributed by atoms with Crippen molar-refractivity contribution < 1.29 is 38.1 Å². The average molecular weight is 552 g/mol. The molecule has 12 heteroatoms. The van der Waals surface area contributed by atoms with Gasteiger partial charge in [-0.3, -0.25) is 4.79 Å². The van der Waals surface area contributed by atoms with Gasteiger partial charge < -0.3 is 39.2 Å². The van der Waals surface area contributed by atoms with Crippen LogP contribution >= 0.6 is 11.3 Å². The molecule has 0 radical (unpaired) electrons. The number of hydrogen-bond acceptors (Lipinski definition) is 10. The number of nitrogens with zero attached hydrogens (tertiary/aromatic N) is 1. The van der Waals surface area contributed by atoms with Crippen LogP contribution in [0.1, 0.15) is 49.8 Å². The number of anilines is 1. The van der Waals surface area contributed by atoms with E-state index in [1.54, 1.807) is 48.2 Å². The van der Waals surface area contributed by atoms with Gasteiger partial charge in [0.05, 0.1) is 31.4 Å². The maximum atomic E-state index is 13.2. The van der Waals surface area contributed by atoms with Crippen LogP contribution in [0, 0.1) is 0 Å². The summed E-state index contributed by atoms with van der Waals surface area (Å²) in [4.78, 5) is 40.7. The number of fused-ring (bicyclic) bond motifs is 4. The largest absolute Gasteiger partial charge is 0.493 e. The lowest BCUT2D eigenvalue weighted by Crippen LogP contribution is -2.39. The lowest BCUT2D eigenvalue weighted by Gasteiger charge is -2.28. The molecule has 0 spiro atoms. The van der Waals surface area contributed by atoms with Crippen molar-refractivity contribution in [3.8, 4) is 23.0 Å². The monoisotopic (exact) mass is 551 g/mol. The van der Waals surface area contributed by atoms with Crippen LogP contribution in [0.15, 0.2) is 36.4 Å². The summed E-state index contributed by atoms with van der Waals surface area (Å²) in [5.41, 5.74) is 2.61. The summed E-state index contributed by atoms with van der Waals surface area (Å²) in [6.07, 6.45) is -0.299. The number of carbonyl (C=O) groups is 3. The molecular formula is C27H25N3O8S. The predicted molar refractivity (Wildman–Crippen MR) is 140 cm³/mol. The molecular weight excluding hydrogens is 526 g/mol. The minimum Gasteiger partial charge on any atom is -0.493 e. The van der Waals surface area contributed by atoms with E-state index in [0.29, 0.717) is 60.1 Å². The van der Waals surface area contributed by atoms with Crippen molar-refractivity contribution in [1.82, 2.24) is 10.2 Å². The maximum Gasteiger partial charge on any atom is 0.410 e. The second-order valence-electron chi connectivity index (χ2n) is 9.00. The Hall–Kier alpha value is -4.45. The van der Waals surface area contributed by atoms with Gasteiger partial charge in [-0.1, -0.05) is 6.07 Å². The maximum absolute atomic E-state index is 13.2. The standard InChI is InChI=1S/C27H25N3O8S/c1-3-35-27(33)30-9-8-16-21(12-30)39-25-22(16)24(31)28-23(29-25)14-4-7-18(19(10-14)34-2)38-26(32)15-5-6-17-20(11-15)37-13-36-17/h4-7,10-11,23,29H,3,8-9,12-13H2,1-2H3,(H,28,31)/t23-/m1/s1. The lowest BCUT2D eigenvalue weighted by atomic mass is 10.0. The highest BCUT2D eigenvalue weighted by molar-refractivity contribution is 7.16. The van der Waals surface area contributed by atoms with Gasteiger partial charge in [-0.05, 0) is 54.8 Å². The molecule has 3 aliphatic heterocycles. The summed E-state index contributed by atoms with van der Waals surface area (Å²) >= 11 is 1.47. The highest BCUT2D eigenvalue weighted by atomic mass is 32.1. The zero-order valence-electron chi connectivity index (χ0n) is 21.2. The van der Waals surface area contributed by atoms with Crippen LogP contribution in [-0.2, 0) is 17.7 Å². The fraction of sp³-hybridized carbons (Fsp3) is 0.296. The van der Waals surface area contributed by atoms with Crippen LogP contribution in [0.5, 0.6) is 23.0 Å². The molecule has 0 saturated heterocycles. The van der Waals surface area contributed by atoms with Crippen molar-refractivity contribution in [3.05, 3.63) is 63.5 Å². The molecule has 202 valence electrons. The van der Waals surface area contributed by atoms with Gasteiger partial charge in [0.1, 0.15) is 11.2 Å². The predicted octanol–water partition coefficient (Wildman–Crippen LogP) is 4.07. The van der Waals surface area contributed by atoms with Gasteiger partial charge in [-0.2, -0.15) is 0 Å². The minimum atomic E-state index is -0.575. The molecule has 0 saturated carbocycles. The van der Waals surface area contributed by atoms with Gasteiger partial charge in [0, 0.05) is 11.4 Å². The first-order valence-corrected chi connectivity index (χ1v) is 13.2. The molecule has 0 unspecified atom stereocenters. The number of nitrogens with one attached hydrogen (secondary N) is 2. The number of rotatable bonds is 5. The Bertz CT molecular complexity index is 1490. The Morgan fingerprint density at radius 3 is 2.77 bits per heavy atom. The number of esters is 1. The van der Waals surface area contributed by atoms with Gasteiger partial charge in [0.25, 0.3) is 5.91 Å². The molecule has 0 fully saturated rings. The van der Waals surface area contributed by atoms with E-state index in [9.17, 15) is 14.4 Å². The third kappa shape index (κ3) is 4.56. The lowest BCUT2D eigenvalue weighted by molar-refractivity contribution is 0.0728. The number of thiophene rings is 1. The summed E-state index contributed by atoms with van der Waals surface area (Å²) in [6, 6.07) is 9.91. The Morgan fingerprint density at radius 1 is 1.10 bits per heavy atom.